The van der Waals surface area contributed by atoms with E-state index in [1.807, 2.05) is 0 Å². The summed E-state index contributed by atoms with van der Waals surface area (Å²) in [5.74, 6) is -20.5. The quantitative estimate of drug-likeness (QED) is 0.141. The Morgan fingerprint density at radius 1 is 0.667 bits per heavy atom. The van der Waals surface area contributed by atoms with Crippen LogP contribution < -0.4 is 26.3 Å². The molecular weight excluding hydrogens is 633 g/mol. The number of aliphatic carboxylic acids is 1. The zero-order chi connectivity index (χ0) is 29.5. The first-order valence-electron chi connectivity index (χ1n) is 13.5. The van der Waals surface area contributed by atoms with Gasteiger partial charge in [0.05, 0.1) is 0 Å². The van der Waals surface area contributed by atoms with Gasteiger partial charge in [0, 0.05) is 6.42 Å². The van der Waals surface area contributed by atoms with Gasteiger partial charge >= 0.3 is 39.0 Å². The third-order valence-corrected chi connectivity index (χ3v) is 8.82. The predicted molar refractivity (Wildman–Crippen MR) is 136 cm³/mol. The van der Waals surface area contributed by atoms with Crippen molar-refractivity contribution in [3.05, 3.63) is 66.8 Å². The number of unbranched alkanes of at least 4 members (excludes halogenated alkanes) is 5. The first-order chi connectivity index (χ1) is 18.3. The van der Waals surface area contributed by atoms with E-state index in [0.717, 1.165) is 0 Å². The highest BCUT2D eigenvalue weighted by Gasteiger charge is 2.71. The highest BCUT2D eigenvalue weighted by molar-refractivity contribution is 5.74. The van der Waals surface area contributed by atoms with Gasteiger partial charge in [0.2, 0.25) is 0 Å². The Morgan fingerprint density at radius 3 is 1.44 bits per heavy atom. The molecule has 220 valence electrons. The van der Waals surface area contributed by atoms with Crippen LogP contribution in [-0.2, 0) is 17.6 Å². The summed E-state index contributed by atoms with van der Waals surface area (Å²) in [5.41, 5.74) is 2.97. The highest BCUT2D eigenvalue weighted by Crippen LogP contribution is 2.47. The maximum Gasteiger partial charge on any atom is 0.377 e. The molecule has 0 N–H and O–H groups in total. The van der Waals surface area contributed by atoms with Crippen LogP contribution in [-0.4, -0.2) is 23.7 Å². The van der Waals surface area contributed by atoms with Crippen molar-refractivity contribution in [1.29, 1.82) is 0 Å². The van der Waals surface area contributed by atoms with Crippen molar-refractivity contribution in [1.82, 2.24) is 0 Å². The Morgan fingerprint density at radius 2 is 1.08 bits per heavy atom. The maximum atomic E-state index is 13.0. The fourth-order valence-corrected chi connectivity index (χ4v) is 5.76. The first kappa shape index (κ1) is 35.2. The van der Waals surface area contributed by atoms with Gasteiger partial charge in [-0.05, 0) is 67.5 Å². The normalized spacial score (nSPS) is 12.1. The van der Waals surface area contributed by atoms with Crippen molar-refractivity contribution in [3.8, 4) is 0 Å². The zero-order valence-corrected chi connectivity index (χ0v) is 25.0. The van der Waals surface area contributed by atoms with Gasteiger partial charge in [-0.3, -0.25) is 0 Å². The number of halogens is 7. The van der Waals surface area contributed by atoms with Crippen LogP contribution in [0.25, 0.3) is 0 Å². The lowest BCUT2D eigenvalue weighted by atomic mass is 9.98. The second-order valence-corrected chi connectivity index (χ2v) is 12.5. The molecule has 0 aliphatic rings. The third-order valence-electron chi connectivity index (χ3n) is 6.14. The molecule has 9 heteroatoms. The van der Waals surface area contributed by atoms with Crippen molar-refractivity contribution in [3.63, 3.8) is 0 Å². The summed E-state index contributed by atoms with van der Waals surface area (Å²) >= 11 is -0.0240. The molecule has 0 heterocycles. The first-order valence-corrected chi connectivity index (χ1v) is 15.7. The molecule has 2 rings (SSSR count). The summed E-state index contributed by atoms with van der Waals surface area (Å²) in [7, 11) is 0. The number of aryl methyl sites for hydroxylation is 2. The van der Waals surface area contributed by atoms with Crippen LogP contribution in [0.3, 0.4) is 0 Å². The monoisotopic (exact) mass is 672 g/mol. The fourth-order valence-electron chi connectivity index (χ4n) is 3.60. The Kier molecular flexibility index (Phi) is 15.5. The van der Waals surface area contributed by atoms with Crippen molar-refractivity contribution < 1.29 is 57.4 Å². The predicted octanol–water partition coefficient (Wildman–Crippen LogP) is 5.11. The number of hydrogen-bond acceptors (Lipinski definition) is 2. The summed E-state index contributed by atoms with van der Waals surface area (Å²) in [6, 6.07) is 18.6. The fraction of sp³-hybridized carbons (Fsp3) is 0.567. The number of hydrogen-bond donors (Lipinski definition) is 0. The molecule has 0 bridgehead atoms. The Bertz CT molecular complexity index is 913. The molecule has 2 nitrogen and oxygen atoms in total. The van der Waals surface area contributed by atoms with E-state index in [-0.39, 0.29) is 34.0 Å². The average molecular weight is 673 g/mol. The molecule has 39 heavy (non-hydrogen) atoms. The van der Waals surface area contributed by atoms with Crippen LogP contribution in [0.5, 0.6) is 0 Å². The van der Waals surface area contributed by atoms with E-state index >= 15 is 0 Å². The smallest absolute Gasteiger partial charge is 0.377 e. The largest absolute Gasteiger partial charge is 0.544 e. The SMILES string of the molecule is CCCCCCC(F)(F)C(F)(F)C(F)(F)C(=O)[O-].CCCCc1ccc([I+]c2ccc(CCCC)cc2)cc1. The number of carboxylic acids is 1. The molecular formula is C30H39F6IO2. The van der Waals surface area contributed by atoms with Crippen LogP contribution in [0, 0.1) is 7.14 Å². The average Bonchev–Trinajstić information content (AvgIpc) is 2.90. The van der Waals surface area contributed by atoms with E-state index in [1.165, 1.54) is 56.8 Å². The maximum absolute atomic E-state index is 13.0. The van der Waals surface area contributed by atoms with Crippen LogP contribution in [0.15, 0.2) is 48.5 Å². The lowest BCUT2D eigenvalue weighted by molar-refractivity contribution is -0.597. The van der Waals surface area contributed by atoms with Crippen LogP contribution in [0.1, 0.15) is 89.7 Å². The van der Waals surface area contributed by atoms with E-state index in [1.54, 1.807) is 6.92 Å². The second kappa shape index (κ2) is 17.1. The summed E-state index contributed by atoms with van der Waals surface area (Å²) in [6.07, 6.45) is 7.04. The topological polar surface area (TPSA) is 40.1 Å². The van der Waals surface area contributed by atoms with Gasteiger partial charge in [-0.15, -0.1) is 0 Å². The molecule has 2 aromatic rings. The van der Waals surface area contributed by atoms with E-state index in [4.69, 9.17) is 0 Å². The molecule has 0 fully saturated rings. The number of alkyl halides is 6. The van der Waals surface area contributed by atoms with Gasteiger partial charge in [0.25, 0.3) is 0 Å². The van der Waals surface area contributed by atoms with Crippen LogP contribution in [0.4, 0.5) is 26.3 Å². The minimum absolute atomic E-state index is 0.0240. The zero-order valence-electron chi connectivity index (χ0n) is 22.9. The third kappa shape index (κ3) is 11.3. The molecule has 0 atom stereocenters. The van der Waals surface area contributed by atoms with E-state index < -0.39 is 30.2 Å². The molecule has 0 radical (unpaired) electrons. The van der Waals surface area contributed by atoms with Gasteiger partial charge in [-0.2, -0.15) is 26.3 Å². The highest BCUT2D eigenvalue weighted by atomic mass is 127. The Balaban J connectivity index is 0.000000396. The van der Waals surface area contributed by atoms with Crippen molar-refractivity contribution in [2.45, 2.75) is 109 Å². The van der Waals surface area contributed by atoms with E-state index in [2.05, 4.69) is 62.4 Å². The number of rotatable bonds is 16. The number of benzene rings is 2. The van der Waals surface area contributed by atoms with Crippen LogP contribution in [0.2, 0.25) is 0 Å². The van der Waals surface area contributed by atoms with E-state index in [9.17, 15) is 36.2 Å². The molecule has 0 aromatic heterocycles. The van der Waals surface area contributed by atoms with Crippen LogP contribution >= 0.6 is 0 Å². The molecule has 0 aliphatic heterocycles. The lowest BCUT2D eigenvalue weighted by Gasteiger charge is -2.33. The number of carbonyl (C=O) groups is 1. The van der Waals surface area contributed by atoms with Gasteiger partial charge in [0.15, 0.2) is 7.14 Å². The van der Waals surface area contributed by atoms with Gasteiger partial charge in [-0.25, -0.2) is 0 Å². The number of carbonyl (C=O) groups excluding carboxylic acids is 1. The Labute approximate surface area is 238 Å². The molecule has 0 unspecified atom stereocenters. The summed E-state index contributed by atoms with van der Waals surface area (Å²) in [6.45, 7) is 6.25. The van der Waals surface area contributed by atoms with Gasteiger partial charge < -0.3 is 9.90 Å². The van der Waals surface area contributed by atoms with Crippen molar-refractivity contribution in [2.75, 3.05) is 0 Å². The summed E-state index contributed by atoms with van der Waals surface area (Å²) in [4.78, 5) is 9.82. The van der Waals surface area contributed by atoms with E-state index in [0.29, 0.717) is 12.8 Å². The standard InChI is InChI=1S/C20H26I.C10H14F6O2/c1-3-5-7-17-9-13-19(14-10-17)21-20-15-11-18(12-16-20)8-6-4-2;1-2-3-4-5-6-8(11,12)10(15,16)9(13,14)7(17)18/h9-16H,3-8H2,1-2H3;2-6H2,1H3,(H,17,18)/q+1;/p-1. The lowest BCUT2D eigenvalue weighted by Crippen LogP contribution is -3.61. The number of carboxylic acid groups (broad SMARTS) is 1. The minimum Gasteiger partial charge on any atom is -0.544 e. The molecule has 0 spiro atoms. The molecule has 0 saturated heterocycles. The van der Waals surface area contributed by atoms with Crippen molar-refractivity contribution >= 4 is 5.97 Å². The molecule has 0 saturated carbocycles. The second-order valence-electron chi connectivity index (χ2n) is 9.51. The Hall–Kier alpha value is -1.78. The molecule has 2 aromatic carbocycles. The van der Waals surface area contributed by atoms with Gasteiger partial charge in [-0.1, -0.05) is 77.1 Å². The minimum atomic E-state index is -5.97. The van der Waals surface area contributed by atoms with Crippen molar-refractivity contribution in [2.24, 2.45) is 0 Å². The summed E-state index contributed by atoms with van der Waals surface area (Å²) < 4.78 is 79.6. The molecule has 0 amide bonds. The summed E-state index contributed by atoms with van der Waals surface area (Å²) in [5, 5.41) is 9.82. The molecule has 0 aliphatic carbocycles. The van der Waals surface area contributed by atoms with Gasteiger partial charge in [0.1, 0.15) is 5.97 Å².